The summed E-state index contributed by atoms with van der Waals surface area (Å²) >= 11 is 12.0. The Kier molecular flexibility index (Phi) is 4.98. The predicted octanol–water partition coefficient (Wildman–Crippen LogP) is 3.21. The smallest absolute Gasteiger partial charge is 0.329 e. The molecule has 2 rings (SSSR count). The number of aromatic nitrogens is 2. The minimum absolute atomic E-state index is 0.336. The summed E-state index contributed by atoms with van der Waals surface area (Å²) in [4.78, 5) is 23.4. The number of nitrogens with zero attached hydrogens (tertiary/aromatic N) is 2. The van der Waals surface area contributed by atoms with E-state index in [1.807, 2.05) is 6.92 Å². The molecule has 0 aliphatic rings. The highest BCUT2D eigenvalue weighted by Crippen LogP contribution is 2.23. The van der Waals surface area contributed by atoms with E-state index in [0.717, 1.165) is 5.56 Å². The lowest BCUT2D eigenvalue weighted by atomic mass is 10.1. The Labute approximate surface area is 137 Å². The molecule has 22 heavy (non-hydrogen) atoms. The molecule has 1 aromatic heterocycles. The zero-order chi connectivity index (χ0) is 16.4. The normalized spacial score (nSPS) is 12.4. The fourth-order valence-corrected chi connectivity index (χ4v) is 2.76. The summed E-state index contributed by atoms with van der Waals surface area (Å²) in [6.45, 7) is 3.77. The molecule has 0 aliphatic carbocycles. The maximum atomic E-state index is 12.3. The van der Waals surface area contributed by atoms with Gasteiger partial charge in [-0.05, 0) is 31.5 Å². The second-order valence-electron chi connectivity index (χ2n) is 4.98. The first-order valence-electron chi connectivity index (χ1n) is 6.82. The van der Waals surface area contributed by atoms with Crippen LogP contribution in [0.3, 0.4) is 0 Å². The fraction of sp³-hybridized carbons (Fsp3) is 0.333. The lowest BCUT2D eigenvalue weighted by Gasteiger charge is -2.06. The molecule has 0 amide bonds. The highest BCUT2D eigenvalue weighted by atomic mass is 35.5. The first kappa shape index (κ1) is 16.6. The Morgan fingerprint density at radius 3 is 2.59 bits per heavy atom. The van der Waals surface area contributed by atoms with Crippen molar-refractivity contribution >= 4 is 29.2 Å². The highest BCUT2D eigenvalue weighted by Gasteiger charge is 2.20. The molecule has 5 nitrogen and oxygen atoms in total. The standard InChI is InChI=1S/C15H16Cl2N2O3/c1-3-18-12(6-10-4-5-11(16)7-13(10)17)8-19(15(18)22)9(2)14(20)21/h4-5,7-9H,3,6H2,1-2H3,(H,20,21). The van der Waals surface area contributed by atoms with E-state index in [1.54, 1.807) is 29.0 Å². The molecule has 0 saturated heterocycles. The van der Waals surface area contributed by atoms with E-state index in [1.165, 1.54) is 11.5 Å². The zero-order valence-corrected chi connectivity index (χ0v) is 13.7. The second-order valence-corrected chi connectivity index (χ2v) is 5.82. The van der Waals surface area contributed by atoms with Gasteiger partial charge in [0.1, 0.15) is 6.04 Å². The van der Waals surface area contributed by atoms with Crippen LogP contribution in [-0.2, 0) is 17.8 Å². The van der Waals surface area contributed by atoms with E-state index >= 15 is 0 Å². The van der Waals surface area contributed by atoms with Gasteiger partial charge in [-0.1, -0.05) is 29.3 Å². The van der Waals surface area contributed by atoms with E-state index in [9.17, 15) is 9.59 Å². The molecule has 0 bridgehead atoms. The summed E-state index contributed by atoms with van der Waals surface area (Å²) in [6.07, 6.45) is 2.01. The molecule has 2 aromatic rings. The fourth-order valence-electron chi connectivity index (χ4n) is 2.28. The van der Waals surface area contributed by atoms with Crippen molar-refractivity contribution in [2.45, 2.75) is 32.9 Å². The van der Waals surface area contributed by atoms with Crippen LogP contribution in [0.4, 0.5) is 0 Å². The van der Waals surface area contributed by atoms with E-state index in [-0.39, 0.29) is 5.69 Å². The van der Waals surface area contributed by atoms with Crippen LogP contribution >= 0.6 is 23.2 Å². The first-order valence-corrected chi connectivity index (χ1v) is 7.58. The van der Waals surface area contributed by atoms with Crippen molar-refractivity contribution in [3.8, 4) is 0 Å². The van der Waals surface area contributed by atoms with Crippen LogP contribution in [0.2, 0.25) is 10.0 Å². The number of rotatable bonds is 5. The number of benzene rings is 1. The van der Waals surface area contributed by atoms with Crippen LogP contribution in [0.15, 0.2) is 29.2 Å². The van der Waals surface area contributed by atoms with Crippen LogP contribution in [0.1, 0.15) is 31.1 Å². The van der Waals surface area contributed by atoms with Crippen LogP contribution in [0, 0.1) is 0 Å². The number of hydrogen-bond donors (Lipinski definition) is 1. The lowest BCUT2D eigenvalue weighted by Crippen LogP contribution is -2.29. The third-order valence-corrected chi connectivity index (χ3v) is 4.15. The molecule has 1 aromatic carbocycles. The second kappa shape index (κ2) is 6.58. The van der Waals surface area contributed by atoms with Crippen LogP contribution in [0.5, 0.6) is 0 Å². The Morgan fingerprint density at radius 1 is 1.36 bits per heavy atom. The van der Waals surface area contributed by atoms with Crippen molar-refractivity contribution in [2.75, 3.05) is 0 Å². The van der Waals surface area contributed by atoms with Crippen LogP contribution < -0.4 is 5.69 Å². The Balaban J connectivity index is 2.45. The first-order chi connectivity index (χ1) is 10.3. The summed E-state index contributed by atoms with van der Waals surface area (Å²) in [7, 11) is 0. The van der Waals surface area contributed by atoms with Crippen LogP contribution in [-0.4, -0.2) is 20.2 Å². The number of halogens is 2. The van der Waals surface area contributed by atoms with Crippen molar-refractivity contribution in [3.05, 3.63) is 56.2 Å². The van der Waals surface area contributed by atoms with Gasteiger partial charge in [0.05, 0.1) is 0 Å². The van der Waals surface area contributed by atoms with E-state index < -0.39 is 12.0 Å². The van der Waals surface area contributed by atoms with Gasteiger partial charge in [-0.15, -0.1) is 0 Å². The van der Waals surface area contributed by atoms with E-state index in [0.29, 0.717) is 28.7 Å². The molecule has 1 unspecified atom stereocenters. The zero-order valence-electron chi connectivity index (χ0n) is 12.2. The third kappa shape index (κ3) is 3.20. The van der Waals surface area contributed by atoms with E-state index in [2.05, 4.69) is 0 Å². The molecular formula is C15H16Cl2N2O3. The molecule has 0 fully saturated rings. The van der Waals surface area contributed by atoms with Crippen molar-refractivity contribution in [2.24, 2.45) is 0 Å². The quantitative estimate of drug-likeness (QED) is 0.907. The maximum absolute atomic E-state index is 12.3. The minimum Gasteiger partial charge on any atom is -0.480 e. The monoisotopic (exact) mass is 342 g/mol. The summed E-state index contributed by atoms with van der Waals surface area (Å²) < 4.78 is 2.77. The van der Waals surface area contributed by atoms with Gasteiger partial charge in [0.25, 0.3) is 0 Å². The molecule has 0 saturated carbocycles. The van der Waals surface area contributed by atoms with Gasteiger partial charge in [0, 0.05) is 34.9 Å². The Morgan fingerprint density at radius 2 is 2.05 bits per heavy atom. The molecule has 1 heterocycles. The van der Waals surface area contributed by atoms with Gasteiger partial charge in [-0.2, -0.15) is 0 Å². The summed E-state index contributed by atoms with van der Waals surface area (Å²) in [6, 6.07) is 4.25. The van der Waals surface area contributed by atoms with Crippen LogP contribution in [0.25, 0.3) is 0 Å². The molecule has 1 N–H and O–H groups in total. The SMILES string of the molecule is CCn1c(Cc2ccc(Cl)cc2Cl)cn(C(C)C(=O)O)c1=O. The Bertz CT molecular complexity index is 765. The van der Waals surface area contributed by atoms with Gasteiger partial charge in [0.2, 0.25) is 0 Å². The molecular weight excluding hydrogens is 327 g/mol. The van der Waals surface area contributed by atoms with Gasteiger partial charge >= 0.3 is 11.7 Å². The lowest BCUT2D eigenvalue weighted by molar-refractivity contribution is -0.140. The molecule has 7 heteroatoms. The van der Waals surface area contributed by atoms with Gasteiger partial charge in [0.15, 0.2) is 0 Å². The molecule has 0 spiro atoms. The van der Waals surface area contributed by atoms with Gasteiger partial charge in [-0.3, -0.25) is 9.13 Å². The highest BCUT2D eigenvalue weighted by molar-refractivity contribution is 6.35. The summed E-state index contributed by atoms with van der Waals surface area (Å²) in [5, 5.41) is 10.1. The Hall–Kier alpha value is -1.72. The topological polar surface area (TPSA) is 64.2 Å². The minimum atomic E-state index is -1.05. The molecule has 1 atom stereocenters. The largest absolute Gasteiger partial charge is 0.480 e. The van der Waals surface area contributed by atoms with E-state index in [4.69, 9.17) is 28.3 Å². The predicted molar refractivity (Wildman–Crippen MR) is 86.0 cm³/mol. The average Bonchev–Trinajstić information content (AvgIpc) is 2.77. The number of carboxylic acid groups (broad SMARTS) is 1. The van der Waals surface area contributed by atoms with Gasteiger partial charge < -0.3 is 5.11 Å². The number of carbonyl (C=O) groups is 1. The number of imidazole rings is 1. The average molecular weight is 343 g/mol. The van der Waals surface area contributed by atoms with Crippen molar-refractivity contribution in [1.82, 2.24) is 9.13 Å². The molecule has 118 valence electrons. The van der Waals surface area contributed by atoms with Crippen molar-refractivity contribution in [3.63, 3.8) is 0 Å². The summed E-state index contributed by atoms with van der Waals surface area (Å²) in [5.41, 5.74) is 1.20. The number of carboxylic acids is 1. The maximum Gasteiger partial charge on any atom is 0.329 e. The van der Waals surface area contributed by atoms with Crippen molar-refractivity contribution < 1.29 is 9.90 Å². The third-order valence-electron chi connectivity index (χ3n) is 3.56. The number of hydrogen-bond acceptors (Lipinski definition) is 2. The molecule has 0 radical (unpaired) electrons. The number of aliphatic carboxylic acids is 1. The van der Waals surface area contributed by atoms with Crippen molar-refractivity contribution in [1.29, 1.82) is 0 Å². The molecule has 0 aliphatic heterocycles. The van der Waals surface area contributed by atoms with Gasteiger partial charge in [-0.25, -0.2) is 9.59 Å². The summed E-state index contributed by atoms with van der Waals surface area (Å²) in [5.74, 6) is -1.05.